The average molecular weight is 366 g/mol. The van der Waals surface area contributed by atoms with E-state index in [1.807, 2.05) is 30.3 Å². The highest BCUT2D eigenvalue weighted by atomic mass is 35.5. The first-order valence-corrected chi connectivity index (χ1v) is 8.05. The van der Waals surface area contributed by atoms with E-state index in [4.69, 9.17) is 18.9 Å². The zero-order valence-corrected chi connectivity index (χ0v) is 15.5. The Bertz CT molecular complexity index is 708. The third kappa shape index (κ3) is 4.50. The van der Waals surface area contributed by atoms with E-state index < -0.39 is 0 Å². The van der Waals surface area contributed by atoms with Crippen LogP contribution in [0.15, 0.2) is 36.4 Å². The van der Waals surface area contributed by atoms with Crippen molar-refractivity contribution in [3.63, 3.8) is 0 Å². The van der Waals surface area contributed by atoms with Crippen LogP contribution in [0.2, 0.25) is 0 Å². The van der Waals surface area contributed by atoms with Crippen LogP contribution in [-0.4, -0.2) is 27.4 Å². The fraction of sp³-hybridized carbons (Fsp3) is 0.368. The van der Waals surface area contributed by atoms with Gasteiger partial charge in [0.05, 0.1) is 14.2 Å². The zero-order chi connectivity index (χ0) is 16.9. The van der Waals surface area contributed by atoms with Crippen molar-refractivity contribution in [2.75, 3.05) is 27.4 Å². The van der Waals surface area contributed by atoms with Crippen molar-refractivity contribution in [1.29, 1.82) is 0 Å². The largest absolute Gasteiger partial charge is 0.497 e. The van der Waals surface area contributed by atoms with Gasteiger partial charge in [0.25, 0.3) is 0 Å². The second-order valence-corrected chi connectivity index (χ2v) is 5.68. The highest BCUT2D eigenvalue weighted by Crippen LogP contribution is 2.33. The maximum absolute atomic E-state index is 5.65. The van der Waals surface area contributed by atoms with E-state index in [2.05, 4.69) is 18.3 Å². The zero-order valence-electron chi connectivity index (χ0n) is 14.7. The Labute approximate surface area is 154 Å². The number of methoxy groups -OCH3 is 2. The molecule has 0 amide bonds. The SMILES string of the molecule is COc1ccc(CNC(C)c2ccc3c(c2)OCCO3)c(OC)c1.Cl. The summed E-state index contributed by atoms with van der Waals surface area (Å²) in [6.07, 6.45) is 0. The minimum absolute atomic E-state index is 0. The quantitative estimate of drug-likeness (QED) is 0.844. The fourth-order valence-electron chi connectivity index (χ4n) is 2.71. The fourth-order valence-corrected chi connectivity index (χ4v) is 2.71. The van der Waals surface area contributed by atoms with Gasteiger partial charge >= 0.3 is 0 Å². The van der Waals surface area contributed by atoms with Gasteiger partial charge in [-0.15, -0.1) is 12.4 Å². The molecule has 1 atom stereocenters. The number of rotatable bonds is 6. The van der Waals surface area contributed by atoms with Crippen LogP contribution in [0.3, 0.4) is 0 Å². The van der Waals surface area contributed by atoms with Crippen molar-refractivity contribution in [1.82, 2.24) is 5.32 Å². The maximum Gasteiger partial charge on any atom is 0.161 e. The van der Waals surface area contributed by atoms with Crippen molar-refractivity contribution in [3.05, 3.63) is 47.5 Å². The van der Waals surface area contributed by atoms with Crippen LogP contribution in [0.5, 0.6) is 23.0 Å². The van der Waals surface area contributed by atoms with Crippen molar-refractivity contribution >= 4 is 12.4 Å². The number of fused-ring (bicyclic) bond motifs is 1. The Morgan fingerprint density at radius 1 is 1.00 bits per heavy atom. The Morgan fingerprint density at radius 2 is 1.76 bits per heavy atom. The number of nitrogens with one attached hydrogen (secondary N) is 1. The molecule has 0 saturated heterocycles. The molecule has 0 saturated carbocycles. The summed E-state index contributed by atoms with van der Waals surface area (Å²) in [6.45, 7) is 4.03. The van der Waals surface area contributed by atoms with Gasteiger partial charge in [-0.2, -0.15) is 0 Å². The number of benzene rings is 2. The summed E-state index contributed by atoms with van der Waals surface area (Å²) >= 11 is 0. The van der Waals surface area contributed by atoms with Crippen LogP contribution in [0.4, 0.5) is 0 Å². The lowest BCUT2D eigenvalue weighted by atomic mass is 10.1. The molecule has 6 heteroatoms. The van der Waals surface area contributed by atoms with Gasteiger partial charge in [-0.1, -0.05) is 12.1 Å². The second-order valence-electron chi connectivity index (χ2n) is 5.68. The van der Waals surface area contributed by atoms with Crippen molar-refractivity contribution in [3.8, 4) is 23.0 Å². The van der Waals surface area contributed by atoms with Gasteiger partial charge in [-0.05, 0) is 30.7 Å². The molecule has 0 bridgehead atoms. The molecule has 1 aliphatic rings. The molecule has 2 aromatic rings. The van der Waals surface area contributed by atoms with E-state index in [0.717, 1.165) is 34.1 Å². The van der Waals surface area contributed by atoms with E-state index in [1.54, 1.807) is 14.2 Å². The number of hydrogen-bond acceptors (Lipinski definition) is 5. The van der Waals surface area contributed by atoms with E-state index in [0.29, 0.717) is 19.8 Å². The minimum atomic E-state index is 0. The van der Waals surface area contributed by atoms with E-state index >= 15 is 0 Å². The van der Waals surface area contributed by atoms with Crippen LogP contribution < -0.4 is 24.3 Å². The van der Waals surface area contributed by atoms with E-state index in [9.17, 15) is 0 Å². The first-order chi connectivity index (χ1) is 11.7. The van der Waals surface area contributed by atoms with E-state index in [-0.39, 0.29) is 18.4 Å². The van der Waals surface area contributed by atoms with Gasteiger partial charge < -0.3 is 24.3 Å². The average Bonchev–Trinajstić information content (AvgIpc) is 2.65. The van der Waals surface area contributed by atoms with Crippen molar-refractivity contribution < 1.29 is 18.9 Å². The van der Waals surface area contributed by atoms with Gasteiger partial charge in [-0.25, -0.2) is 0 Å². The first-order valence-electron chi connectivity index (χ1n) is 8.05. The summed E-state index contributed by atoms with van der Waals surface area (Å²) < 4.78 is 21.9. The summed E-state index contributed by atoms with van der Waals surface area (Å²) in [5.41, 5.74) is 2.24. The molecule has 0 spiro atoms. The van der Waals surface area contributed by atoms with E-state index in [1.165, 1.54) is 0 Å². The molecule has 0 aliphatic carbocycles. The maximum atomic E-state index is 5.65. The Hall–Kier alpha value is -2.11. The topological polar surface area (TPSA) is 49.0 Å². The molecule has 0 radical (unpaired) electrons. The summed E-state index contributed by atoms with van der Waals surface area (Å²) in [4.78, 5) is 0. The second kappa shape index (κ2) is 8.83. The smallest absolute Gasteiger partial charge is 0.161 e. The van der Waals surface area contributed by atoms with Gasteiger partial charge in [0, 0.05) is 24.2 Å². The number of hydrogen-bond donors (Lipinski definition) is 1. The normalized spacial score (nSPS) is 13.6. The van der Waals surface area contributed by atoms with Crippen LogP contribution in [0.25, 0.3) is 0 Å². The van der Waals surface area contributed by atoms with Crippen LogP contribution >= 0.6 is 12.4 Å². The van der Waals surface area contributed by atoms with Crippen molar-refractivity contribution in [2.24, 2.45) is 0 Å². The number of halogens is 1. The minimum Gasteiger partial charge on any atom is -0.497 e. The number of ether oxygens (including phenoxy) is 4. The lowest BCUT2D eigenvalue weighted by molar-refractivity contribution is 0.171. The van der Waals surface area contributed by atoms with Crippen molar-refractivity contribution in [2.45, 2.75) is 19.5 Å². The third-order valence-corrected chi connectivity index (χ3v) is 4.16. The summed E-state index contributed by atoms with van der Waals surface area (Å²) in [7, 11) is 3.32. The Kier molecular flexibility index (Phi) is 6.79. The molecule has 0 aromatic heterocycles. The lowest BCUT2D eigenvalue weighted by Gasteiger charge is -2.21. The summed E-state index contributed by atoms with van der Waals surface area (Å²) in [6, 6.07) is 12.1. The monoisotopic (exact) mass is 365 g/mol. The van der Waals surface area contributed by atoms with Gasteiger partial charge in [0.1, 0.15) is 24.7 Å². The summed E-state index contributed by atoms with van der Waals surface area (Å²) in [5.74, 6) is 3.23. The van der Waals surface area contributed by atoms with Gasteiger partial charge in [-0.3, -0.25) is 0 Å². The van der Waals surface area contributed by atoms with Gasteiger partial charge in [0.2, 0.25) is 0 Å². The molecule has 1 unspecified atom stereocenters. The predicted octanol–water partition coefficient (Wildman–Crippen LogP) is 3.75. The molecule has 3 rings (SSSR count). The Balaban J connectivity index is 0.00000225. The van der Waals surface area contributed by atoms with Crippen LogP contribution in [0, 0.1) is 0 Å². The summed E-state index contributed by atoms with van der Waals surface area (Å²) in [5, 5.41) is 3.52. The molecule has 25 heavy (non-hydrogen) atoms. The first kappa shape index (κ1) is 19.2. The molecular formula is C19H24ClNO4. The molecule has 2 aromatic carbocycles. The molecular weight excluding hydrogens is 342 g/mol. The molecule has 136 valence electrons. The molecule has 0 fully saturated rings. The Morgan fingerprint density at radius 3 is 2.48 bits per heavy atom. The molecule has 1 N–H and O–H groups in total. The standard InChI is InChI=1S/C19H23NO4.ClH/c1-13(14-5-7-17-19(10-14)24-9-8-23-17)20-12-15-4-6-16(21-2)11-18(15)22-3;/h4-7,10-11,13,20H,8-9,12H2,1-3H3;1H. The van der Waals surface area contributed by atoms with Gasteiger partial charge in [0.15, 0.2) is 11.5 Å². The highest BCUT2D eigenvalue weighted by molar-refractivity contribution is 5.85. The predicted molar refractivity (Wildman–Crippen MR) is 99.5 cm³/mol. The molecule has 5 nitrogen and oxygen atoms in total. The van der Waals surface area contributed by atoms with Crippen LogP contribution in [-0.2, 0) is 6.54 Å². The lowest BCUT2D eigenvalue weighted by Crippen LogP contribution is -2.20. The molecule has 1 heterocycles. The molecule has 1 aliphatic heterocycles. The highest BCUT2D eigenvalue weighted by Gasteiger charge is 2.15. The third-order valence-electron chi connectivity index (χ3n) is 4.16. The van der Waals surface area contributed by atoms with Crippen LogP contribution in [0.1, 0.15) is 24.1 Å².